The molecule has 7 heteroatoms. The Bertz CT molecular complexity index is 540. The van der Waals surface area contributed by atoms with E-state index in [0.29, 0.717) is 12.2 Å². The van der Waals surface area contributed by atoms with Crippen molar-refractivity contribution < 1.29 is 14.8 Å². The molecule has 1 amide bonds. The van der Waals surface area contributed by atoms with Gasteiger partial charge < -0.3 is 15.7 Å². The van der Waals surface area contributed by atoms with Crippen molar-refractivity contribution in [2.45, 2.75) is 12.8 Å². The molecule has 0 spiro atoms. The van der Waals surface area contributed by atoms with Crippen molar-refractivity contribution in [3.05, 3.63) is 33.9 Å². The number of carbonyl (C=O) groups is 1. The molecule has 0 bridgehead atoms. The highest BCUT2D eigenvalue weighted by molar-refractivity contribution is 5.95. The molecule has 1 saturated carbocycles. The van der Waals surface area contributed by atoms with Crippen molar-refractivity contribution in [1.29, 1.82) is 0 Å². The molecule has 0 atom stereocenters. The molecule has 1 aromatic carbocycles. The molecule has 3 N–H and O–H groups in total. The number of hydrogen-bond acceptors (Lipinski definition) is 5. The van der Waals surface area contributed by atoms with Crippen molar-refractivity contribution in [1.82, 2.24) is 5.32 Å². The zero-order chi connectivity index (χ0) is 14.8. The van der Waals surface area contributed by atoms with Gasteiger partial charge in [-0.3, -0.25) is 14.9 Å². The summed E-state index contributed by atoms with van der Waals surface area (Å²) < 4.78 is 0. The fourth-order valence-corrected chi connectivity index (χ4v) is 1.97. The Labute approximate surface area is 116 Å². The molecule has 1 aromatic rings. The number of anilines is 1. The summed E-state index contributed by atoms with van der Waals surface area (Å²) in [4.78, 5) is 22.0. The van der Waals surface area contributed by atoms with Crippen LogP contribution in [0, 0.1) is 15.5 Å². The average Bonchev–Trinajstić information content (AvgIpc) is 3.24. The number of aliphatic hydroxyl groups is 1. The number of rotatable bonds is 6. The molecule has 1 aliphatic rings. The van der Waals surface area contributed by atoms with Crippen LogP contribution in [-0.2, 0) is 0 Å². The van der Waals surface area contributed by atoms with E-state index >= 15 is 0 Å². The number of nitrogens with zero attached hydrogens (tertiary/aromatic N) is 1. The third-order valence-corrected chi connectivity index (χ3v) is 3.63. The molecular weight excluding hydrogens is 262 g/mol. The van der Waals surface area contributed by atoms with Gasteiger partial charge >= 0.3 is 0 Å². The van der Waals surface area contributed by atoms with Crippen LogP contribution in [0.5, 0.6) is 0 Å². The summed E-state index contributed by atoms with van der Waals surface area (Å²) in [5.41, 5.74) is 0.322. The third-order valence-electron chi connectivity index (χ3n) is 3.63. The molecule has 1 fully saturated rings. The smallest absolute Gasteiger partial charge is 0.293 e. The number of hydrogen-bond donors (Lipinski definition) is 3. The first kappa shape index (κ1) is 14.3. The number of nitro groups is 1. The van der Waals surface area contributed by atoms with Gasteiger partial charge in [-0.15, -0.1) is 0 Å². The Morgan fingerprint density at radius 2 is 2.20 bits per heavy atom. The van der Waals surface area contributed by atoms with E-state index < -0.39 is 4.92 Å². The maximum Gasteiger partial charge on any atom is 0.293 e. The van der Waals surface area contributed by atoms with E-state index in [4.69, 9.17) is 0 Å². The van der Waals surface area contributed by atoms with Gasteiger partial charge in [-0.05, 0) is 25.0 Å². The summed E-state index contributed by atoms with van der Waals surface area (Å²) in [5, 5.41) is 25.7. The van der Waals surface area contributed by atoms with Gasteiger partial charge in [-0.25, -0.2) is 0 Å². The second-order valence-electron chi connectivity index (χ2n) is 5.08. The van der Waals surface area contributed by atoms with Gasteiger partial charge in [0, 0.05) is 30.6 Å². The zero-order valence-electron chi connectivity index (χ0n) is 11.2. The van der Waals surface area contributed by atoms with Gasteiger partial charge in [-0.2, -0.15) is 0 Å². The van der Waals surface area contributed by atoms with Crippen LogP contribution in [0.15, 0.2) is 18.2 Å². The van der Waals surface area contributed by atoms with Crippen LogP contribution in [0.2, 0.25) is 0 Å². The molecule has 2 rings (SSSR count). The SMILES string of the molecule is CNC(=O)c1ccc(NCC2(CO)CC2)c([N+](=O)[O-])c1. The van der Waals surface area contributed by atoms with E-state index in [0.717, 1.165) is 12.8 Å². The molecule has 0 radical (unpaired) electrons. The van der Waals surface area contributed by atoms with E-state index in [9.17, 15) is 20.0 Å². The molecule has 0 aromatic heterocycles. The number of aliphatic hydroxyl groups excluding tert-OH is 1. The highest BCUT2D eigenvalue weighted by Crippen LogP contribution is 2.45. The molecular formula is C13H17N3O4. The van der Waals surface area contributed by atoms with Crippen LogP contribution in [0.25, 0.3) is 0 Å². The van der Waals surface area contributed by atoms with Crippen LogP contribution < -0.4 is 10.6 Å². The number of nitrogens with one attached hydrogen (secondary N) is 2. The van der Waals surface area contributed by atoms with Crippen molar-refractivity contribution in [2.75, 3.05) is 25.5 Å². The lowest BCUT2D eigenvalue weighted by Crippen LogP contribution is -2.20. The Hall–Kier alpha value is -2.15. The van der Waals surface area contributed by atoms with Gasteiger partial charge in [0.1, 0.15) is 5.69 Å². The Balaban J connectivity index is 2.19. The predicted octanol–water partition coefficient (Wildman–Crippen LogP) is 1.14. The lowest BCUT2D eigenvalue weighted by atomic mass is 10.1. The van der Waals surface area contributed by atoms with E-state index in [1.807, 2.05) is 0 Å². The molecule has 20 heavy (non-hydrogen) atoms. The largest absolute Gasteiger partial charge is 0.396 e. The van der Waals surface area contributed by atoms with Gasteiger partial charge in [0.15, 0.2) is 0 Å². The fraction of sp³-hybridized carbons (Fsp3) is 0.462. The maximum absolute atomic E-state index is 11.5. The molecule has 0 unspecified atom stereocenters. The first-order chi connectivity index (χ1) is 9.51. The second kappa shape index (κ2) is 5.46. The summed E-state index contributed by atoms with van der Waals surface area (Å²) >= 11 is 0. The summed E-state index contributed by atoms with van der Waals surface area (Å²) in [6, 6.07) is 4.31. The highest BCUT2D eigenvalue weighted by atomic mass is 16.6. The molecule has 0 heterocycles. The Kier molecular flexibility index (Phi) is 3.89. The standard InChI is InChI=1S/C13H17N3O4/c1-14-12(18)9-2-3-10(11(6-9)16(19)20)15-7-13(8-17)4-5-13/h2-3,6,15,17H,4-5,7-8H2,1H3,(H,14,18). The maximum atomic E-state index is 11.5. The first-order valence-corrected chi connectivity index (χ1v) is 6.36. The number of amides is 1. The molecule has 0 saturated heterocycles. The summed E-state index contributed by atoms with van der Waals surface area (Å²) in [6.45, 7) is 0.563. The highest BCUT2D eigenvalue weighted by Gasteiger charge is 2.42. The minimum Gasteiger partial charge on any atom is -0.396 e. The van der Waals surface area contributed by atoms with Gasteiger partial charge in [-0.1, -0.05) is 0 Å². The van der Waals surface area contributed by atoms with Crippen LogP contribution in [0.3, 0.4) is 0 Å². The lowest BCUT2D eigenvalue weighted by Gasteiger charge is -2.14. The monoisotopic (exact) mass is 279 g/mol. The normalized spacial score (nSPS) is 15.5. The molecule has 108 valence electrons. The number of benzene rings is 1. The predicted molar refractivity (Wildman–Crippen MR) is 73.7 cm³/mol. The fourth-order valence-electron chi connectivity index (χ4n) is 1.97. The Morgan fingerprint density at radius 1 is 1.50 bits per heavy atom. The first-order valence-electron chi connectivity index (χ1n) is 6.36. The Morgan fingerprint density at radius 3 is 2.70 bits per heavy atom. The molecule has 0 aliphatic heterocycles. The van der Waals surface area contributed by atoms with E-state index in [2.05, 4.69) is 10.6 Å². The van der Waals surface area contributed by atoms with Crippen LogP contribution in [0.4, 0.5) is 11.4 Å². The summed E-state index contributed by atoms with van der Waals surface area (Å²) in [6.07, 6.45) is 1.83. The van der Waals surface area contributed by atoms with Crippen molar-refractivity contribution >= 4 is 17.3 Å². The lowest BCUT2D eigenvalue weighted by molar-refractivity contribution is -0.384. The molecule has 1 aliphatic carbocycles. The number of nitro benzene ring substituents is 1. The minimum atomic E-state index is -0.521. The summed E-state index contributed by atoms with van der Waals surface area (Å²) in [7, 11) is 1.47. The van der Waals surface area contributed by atoms with Crippen LogP contribution in [-0.4, -0.2) is 36.1 Å². The van der Waals surface area contributed by atoms with Gasteiger partial charge in [0.2, 0.25) is 0 Å². The average molecular weight is 279 g/mol. The van der Waals surface area contributed by atoms with E-state index in [-0.39, 0.29) is 29.2 Å². The quantitative estimate of drug-likeness (QED) is 0.535. The summed E-state index contributed by atoms with van der Waals surface area (Å²) in [5.74, 6) is -0.367. The van der Waals surface area contributed by atoms with Crippen molar-refractivity contribution in [2.24, 2.45) is 5.41 Å². The molecule has 7 nitrogen and oxygen atoms in total. The zero-order valence-corrected chi connectivity index (χ0v) is 11.2. The minimum absolute atomic E-state index is 0.0735. The van der Waals surface area contributed by atoms with Crippen molar-refractivity contribution in [3.63, 3.8) is 0 Å². The van der Waals surface area contributed by atoms with E-state index in [1.165, 1.54) is 25.2 Å². The second-order valence-corrected chi connectivity index (χ2v) is 5.08. The third kappa shape index (κ3) is 2.88. The van der Waals surface area contributed by atoms with Gasteiger partial charge in [0.25, 0.3) is 11.6 Å². The van der Waals surface area contributed by atoms with Crippen LogP contribution >= 0.6 is 0 Å². The van der Waals surface area contributed by atoms with Crippen LogP contribution in [0.1, 0.15) is 23.2 Å². The van der Waals surface area contributed by atoms with Crippen molar-refractivity contribution in [3.8, 4) is 0 Å². The topological polar surface area (TPSA) is 104 Å². The number of carbonyl (C=O) groups excluding carboxylic acids is 1. The van der Waals surface area contributed by atoms with E-state index in [1.54, 1.807) is 0 Å². The van der Waals surface area contributed by atoms with Gasteiger partial charge in [0.05, 0.1) is 11.5 Å².